The van der Waals surface area contributed by atoms with Gasteiger partial charge in [-0.3, -0.25) is 0 Å². The Hall–Kier alpha value is -0.730. The van der Waals surface area contributed by atoms with Crippen LogP contribution >= 0.6 is 12.4 Å². The molecule has 3 heteroatoms. The lowest BCUT2D eigenvalue weighted by Crippen LogP contribution is -2.20. The van der Waals surface area contributed by atoms with E-state index in [0.29, 0.717) is 5.92 Å². The molecular formula is C15H24ClNO. The van der Waals surface area contributed by atoms with Crippen LogP contribution < -0.4 is 10.5 Å². The number of rotatable bonds is 4. The van der Waals surface area contributed by atoms with Crippen LogP contribution in [0.4, 0.5) is 0 Å². The standard InChI is InChI=1S/C15H23NO.ClH/c1-11(2)17-14-10-6-5-9-13(14)15(16)12-7-3-4-8-12;/h5-6,9-12,15H,3-4,7-8,16H2,1-2H3;1H/t15-;/m0./s1. The molecule has 2 rings (SSSR count). The Kier molecular flexibility index (Phi) is 5.97. The van der Waals surface area contributed by atoms with Crippen LogP contribution in [0.25, 0.3) is 0 Å². The summed E-state index contributed by atoms with van der Waals surface area (Å²) in [4.78, 5) is 0. The molecule has 1 aliphatic carbocycles. The third-order valence-corrected chi connectivity index (χ3v) is 3.55. The molecule has 0 amide bonds. The molecule has 2 N–H and O–H groups in total. The first-order valence-corrected chi connectivity index (χ1v) is 6.69. The number of halogens is 1. The van der Waals surface area contributed by atoms with Crippen LogP contribution in [-0.2, 0) is 0 Å². The van der Waals surface area contributed by atoms with Gasteiger partial charge in [-0.15, -0.1) is 12.4 Å². The van der Waals surface area contributed by atoms with Crippen LogP contribution in [0.2, 0.25) is 0 Å². The van der Waals surface area contributed by atoms with Crippen LogP contribution in [0.5, 0.6) is 5.75 Å². The molecule has 1 aromatic carbocycles. The van der Waals surface area contributed by atoms with Crippen molar-refractivity contribution >= 4 is 12.4 Å². The Balaban J connectivity index is 0.00000162. The molecule has 1 aliphatic rings. The first-order chi connectivity index (χ1) is 8.18. The average molecular weight is 270 g/mol. The van der Waals surface area contributed by atoms with Crippen molar-refractivity contribution in [1.29, 1.82) is 0 Å². The molecule has 1 aromatic rings. The van der Waals surface area contributed by atoms with Gasteiger partial charge in [0.05, 0.1) is 6.10 Å². The zero-order valence-corrected chi connectivity index (χ0v) is 12.1. The van der Waals surface area contributed by atoms with Gasteiger partial charge in [0.1, 0.15) is 5.75 Å². The van der Waals surface area contributed by atoms with Crippen molar-refractivity contribution in [2.24, 2.45) is 11.7 Å². The predicted octanol–water partition coefficient (Wildman–Crippen LogP) is 4.09. The Morgan fingerprint density at radius 2 is 1.78 bits per heavy atom. The molecule has 18 heavy (non-hydrogen) atoms. The average Bonchev–Trinajstić information content (AvgIpc) is 2.81. The zero-order valence-electron chi connectivity index (χ0n) is 11.3. The summed E-state index contributed by atoms with van der Waals surface area (Å²) in [6, 6.07) is 8.34. The molecule has 2 nitrogen and oxygen atoms in total. The monoisotopic (exact) mass is 269 g/mol. The molecule has 0 unspecified atom stereocenters. The quantitative estimate of drug-likeness (QED) is 0.894. The highest BCUT2D eigenvalue weighted by molar-refractivity contribution is 5.85. The zero-order chi connectivity index (χ0) is 12.3. The van der Waals surface area contributed by atoms with Gasteiger partial charge in [-0.25, -0.2) is 0 Å². The normalized spacial score (nSPS) is 17.6. The maximum absolute atomic E-state index is 6.40. The number of benzene rings is 1. The summed E-state index contributed by atoms with van der Waals surface area (Å²) in [5.41, 5.74) is 7.57. The molecule has 0 bridgehead atoms. The van der Waals surface area contributed by atoms with Crippen molar-refractivity contribution in [2.45, 2.75) is 51.7 Å². The second-order valence-electron chi connectivity index (χ2n) is 5.27. The lowest BCUT2D eigenvalue weighted by Gasteiger charge is -2.23. The van der Waals surface area contributed by atoms with Crippen molar-refractivity contribution in [3.05, 3.63) is 29.8 Å². The van der Waals surface area contributed by atoms with Crippen LogP contribution in [0.3, 0.4) is 0 Å². The summed E-state index contributed by atoms with van der Waals surface area (Å²) >= 11 is 0. The Morgan fingerprint density at radius 3 is 2.39 bits per heavy atom. The molecule has 0 radical (unpaired) electrons. The second-order valence-corrected chi connectivity index (χ2v) is 5.27. The molecular weight excluding hydrogens is 246 g/mol. The van der Waals surface area contributed by atoms with E-state index in [1.54, 1.807) is 0 Å². The fourth-order valence-electron chi connectivity index (χ4n) is 2.69. The molecule has 0 heterocycles. The van der Waals surface area contributed by atoms with Crippen molar-refractivity contribution in [1.82, 2.24) is 0 Å². The summed E-state index contributed by atoms with van der Waals surface area (Å²) < 4.78 is 5.85. The van der Waals surface area contributed by atoms with Gasteiger partial charge >= 0.3 is 0 Å². The fraction of sp³-hybridized carbons (Fsp3) is 0.600. The van der Waals surface area contributed by atoms with Crippen molar-refractivity contribution < 1.29 is 4.74 Å². The first kappa shape index (κ1) is 15.3. The SMILES string of the molecule is CC(C)Oc1ccccc1[C@@H](N)C1CCCC1.Cl. The molecule has 0 aliphatic heterocycles. The molecule has 1 atom stereocenters. The lowest BCUT2D eigenvalue weighted by atomic mass is 9.92. The second kappa shape index (κ2) is 7.01. The third-order valence-electron chi connectivity index (χ3n) is 3.55. The van der Waals surface area contributed by atoms with E-state index in [-0.39, 0.29) is 24.6 Å². The summed E-state index contributed by atoms with van der Waals surface area (Å²) in [5, 5.41) is 0. The van der Waals surface area contributed by atoms with Crippen LogP contribution in [0.1, 0.15) is 51.1 Å². The van der Waals surface area contributed by atoms with Crippen molar-refractivity contribution in [2.75, 3.05) is 0 Å². The Labute approximate surface area is 116 Å². The van der Waals surface area contributed by atoms with E-state index < -0.39 is 0 Å². The first-order valence-electron chi connectivity index (χ1n) is 6.69. The summed E-state index contributed by atoms with van der Waals surface area (Å²) in [5.74, 6) is 1.59. The highest BCUT2D eigenvalue weighted by atomic mass is 35.5. The smallest absolute Gasteiger partial charge is 0.124 e. The summed E-state index contributed by atoms with van der Waals surface area (Å²) in [7, 11) is 0. The van der Waals surface area contributed by atoms with Gasteiger partial charge in [0.15, 0.2) is 0 Å². The number of para-hydroxylation sites is 1. The van der Waals surface area contributed by atoms with Crippen molar-refractivity contribution in [3.63, 3.8) is 0 Å². The van der Waals surface area contributed by atoms with E-state index >= 15 is 0 Å². The minimum absolute atomic E-state index is 0. The van der Waals surface area contributed by atoms with Gasteiger partial charge in [0, 0.05) is 11.6 Å². The van der Waals surface area contributed by atoms with Gasteiger partial charge < -0.3 is 10.5 Å². The topological polar surface area (TPSA) is 35.2 Å². The molecule has 1 saturated carbocycles. The van der Waals surface area contributed by atoms with Gasteiger partial charge in [-0.2, -0.15) is 0 Å². The highest BCUT2D eigenvalue weighted by Crippen LogP contribution is 2.37. The molecule has 102 valence electrons. The largest absolute Gasteiger partial charge is 0.491 e. The van der Waals surface area contributed by atoms with Crippen LogP contribution in [-0.4, -0.2) is 6.10 Å². The van der Waals surface area contributed by atoms with Crippen LogP contribution in [0, 0.1) is 5.92 Å². The van der Waals surface area contributed by atoms with E-state index in [1.165, 1.54) is 31.2 Å². The van der Waals surface area contributed by atoms with Crippen molar-refractivity contribution in [3.8, 4) is 5.75 Å². The number of ether oxygens (including phenoxy) is 1. The summed E-state index contributed by atoms with van der Waals surface area (Å²) in [6.45, 7) is 4.11. The van der Waals surface area contributed by atoms with E-state index in [1.807, 2.05) is 12.1 Å². The van der Waals surface area contributed by atoms with E-state index in [0.717, 1.165) is 5.75 Å². The molecule has 0 aromatic heterocycles. The molecule has 0 spiro atoms. The van der Waals surface area contributed by atoms with Crippen LogP contribution in [0.15, 0.2) is 24.3 Å². The van der Waals surface area contributed by atoms with Gasteiger partial charge in [0.25, 0.3) is 0 Å². The Morgan fingerprint density at radius 1 is 1.17 bits per heavy atom. The van der Waals surface area contributed by atoms with E-state index in [2.05, 4.69) is 26.0 Å². The predicted molar refractivity (Wildman–Crippen MR) is 78.3 cm³/mol. The maximum atomic E-state index is 6.40. The van der Waals surface area contributed by atoms with Gasteiger partial charge in [-0.05, 0) is 38.7 Å². The maximum Gasteiger partial charge on any atom is 0.124 e. The van der Waals surface area contributed by atoms with E-state index in [4.69, 9.17) is 10.5 Å². The minimum atomic E-state index is 0. The highest BCUT2D eigenvalue weighted by Gasteiger charge is 2.25. The minimum Gasteiger partial charge on any atom is -0.491 e. The van der Waals surface area contributed by atoms with Gasteiger partial charge in [0.2, 0.25) is 0 Å². The Bertz CT molecular complexity index is 361. The summed E-state index contributed by atoms with van der Waals surface area (Å²) in [6.07, 6.45) is 5.37. The van der Waals surface area contributed by atoms with E-state index in [9.17, 15) is 0 Å². The lowest BCUT2D eigenvalue weighted by molar-refractivity contribution is 0.236. The fourth-order valence-corrected chi connectivity index (χ4v) is 2.69. The molecule has 1 fully saturated rings. The molecule has 0 saturated heterocycles. The number of hydrogen-bond acceptors (Lipinski definition) is 2. The van der Waals surface area contributed by atoms with Gasteiger partial charge in [-0.1, -0.05) is 31.0 Å². The third kappa shape index (κ3) is 3.63. The number of hydrogen-bond donors (Lipinski definition) is 1. The number of nitrogens with two attached hydrogens (primary N) is 1.